The van der Waals surface area contributed by atoms with Crippen LogP contribution in [0, 0.1) is 5.41 Å². The summed E-state index contributed by atoms with van der Waals surface area (Å²) in [5.41, 5.74) is -5.38. The zero-order chi connectivity index (χ0) is 24.7. The van der Waals surface area contributed by atoms with Crippen LogP contribution in [0.15, 0.2) is 0 Å². The van der Waals surface area contributed by atoms with E-state index in [-0.39, 0.29) is 38.5 Å². The van der Waals surface area contributed by atoms with Crippen molar-refractivity contribution in [1.82, 2.24) is 0 Å². The first kappa shape index (κ1) is 25.4. The van der Waals surface area contributed by atoms with Gasteiger partial charge in [-0.2, -0.15) is 0 Å². The maximum absolute atomic E-state index is 13.1. The fourth-order valence-corrected chi connectivity index (χ4v) is 5.96. The molecule has 4 aliphatic rings. The van der Waals surface area contributed by atoms with Crippen LogP contribution >= 0.6 is 0 Å². The topological polar surface area (TPSA) is 166 Å². The van der Waals surface area contributed by atoms with Crippen molar-refractivity contribution < 1.29 is 53.4 Å². The third kappa shape index (κ3) is 5.30. The lowest BCUT2D eigenvalue weighted by atomic mass is 9.48. The fourth-order valence-electron chi connectivity index (χ4n) is 5.96. The van der Waals surface area contributed by atoms with E-state index in [0.29, 0.717) is 6.42 Å². The van der Waals surface area contributed by atoms with Gasteiger partial charge in [0, 0.05) is 38.5 Å². The summed E-state index contributed by atoms with van der Waals surface area (Å²) in [6, 6.07) is 0. The molecule has 4 bridgehead atoms. The molecule has 11 heteroatoms. The van der Waals surface area contributed by atoms with E-state index in [4.69, 9.17) is 18.9 Å². The van der Waals surface area contributed by atoms with Gasteiger partial charge in [-0.3, -0.25) is 4.79 Å². The molecule has 0 saturated heterocycles. The second kappa shape index (κ2) is 8.52. The first-order chi connectivity index (χ1) is 15.2. The third-order valence-electron chi connectivity index (χ3n) is 7.12. The molecule has 4 rings (SSSR count). The van der Waals surface area contributed by atoms with Crippen molar-refractivity contribution >= 4 is 23.9 Å². The number of carbonyl (C=O) groups excluding carboxylic acids is 1. The van der Waals surface area contributed by atoms with Gasteiger partial charge >= 0.3 is 23.9 Å². The highest BCUT2D eigenvalue weighted by Crippen LogP contribution is 2.65. The van der Waals surface area contributed by atoms with E-state index in [1.165, 1.54) is 0 Å². The number of carbonyl (C=O) groups is 4. The number of rotatable bonds is 12. The van der Waals surface area contributed by atoms with Crippen LogP contribution in [0.3, 0.4) is 0 Å². The Balaban J connectivity index is 2.03. The molecular formula is C22H32O11. The van der Waals surface area contributed by atoms with Crippen LogP contribution < -0.4 is 0 Å². The standard InChI is InChI=1S/C22H32O11/c1-4-18(2,3)17(29)33-22-11-19(30-5-14(23)24)8-20(12-22,31-6-15(25)26)10-21(9-19,13-22)32-7-16(27)28/h4-13H2,1-3H3,(H,23,24)(H,25,26)(H,27,28). The van der Waals surface area contributed by atoms with Crippen molar-refractivity contribution in [1.29, 1.82) is 0 Å². The molecule has 33 heavy (non-hydrogen) atoms. The minimum absolute atomic E-state index is 0.190. The molecule has 4 saturated carbocycles. The molecule has 3 N–H and O–H groups in total. The molecule has 0 aromatic carbocycles. The van der Waals surface area contributed by atoms with Crippen LogP contribution in [0.2, 0.25) is 0 Å². The first-order valence-corrected chi connectivity index (χ1v) is 11.0. The van der Waals surface area contributed by atoms with Crippen LogP contribution in [-0.2, 0) is 38.1 Å². The highest BCUT2D eigenvalue weighted by molar-refractivity contribution is 5.76. The molecule has 4 aliphatic carbocycles. The molecule has 186 valence electrons. The summed E-state index contributed by atoms with van der Waals surface area (Å²) in [6.45, 7) is 3.50. The largest absolute Gasteiger partial charge is 0.480 e. The van der Waals surface area contributed by atoms with Crippen LogP contribution in [0.4, 0.5) is 0 Å². The summed E-state index contributed by atoms with van der Waals surface area (Å²) < 4.78 is 23.6. The van der Waals surface area contributed by atoms with Crippen LogP contribution in [0.5, 0.6) is 0 Å². The van der Waals surface area contributed by atoms with Gasteiger partial charge in [0.1, 0.15) is 25.4 Å². The predicted octanol–water partition coefficient (Wildman–Crippen LogP) is 1.61. The SMILES string of the molecule is CCC(C)(C)C(=O)OC12CC3(OCC(=O)O)CC(OCC(=O)O)(CC(OCC(=O)O)(C3)C1)C2. The zero-order valence-electron chi connectivity index (χ0n) is 19.2. The van der Waals surface area contributed by atoms with E-state index < -0.39 is 71.5 Å². The Kier molecular flexibility index (Phi) is 6.55. The second-order valence-electron chi connectivity index (χ2n) is 10.5. The second-order valence-corrected chi connectivity index (χ2v) is 10.5. The van der Waals surface area contributed by atoms with E-state index in [1.54, 1.807) is 13.8 Å². The number of ether oxygens (including phenoxy) is 4. The molecule has 0 heterocycles. The molecule has 0 atom stereocenters. The smallest absolute Gasteiger partial charge is 0.329 e. The number of aliphatic carboxylic acids is 3. The molecule has 0 aliphatic heterocycles. The Morgan fingerprint density at radius 3 is 1.24 bits per heavy atom. The number of carboxylic acid groups (broad SMARTS) is 3. The lowest BCUT2D eigenvalue weighted by Gasteiger charge is -2.68. The van der Waals surface area contributed by atoms with Crippen molar-refractivity contribution in [2.45, 2.75) is 88.1 Å². The zero-order valence-corrected chi connectivity index (χ0v) is 19.2. The van der Waals surface area contributed by atoms with Gasteiger partial charge in [-0.05, 0) is 20.3 Å². The number of carboxylic acids is 3. The molecule has 11 nitrogen and oxygen atoms in total. The highest BCUT2D eigenvalue weighted by atomic mass is 16.6. The molecule has 0 amide bonds. The summed E-state index contributed by atoms with van der Waals surface area (Å²) >= 11 is 0. The molecule has 4 fully saturated rings. The lowest BCUT2D eigenvalue weighted by Crippen LogP contribution is -2.74. The Morgan fingerprint density at radius 2 is 0.970 bits per heavy atom. The maximum Gasteiger partial charge on any atom is 0.329 e. The van der Waals surface area contributed by atoms with Crippen molar-refractivity contribution in [3.8, 4) is 0 Å². The van der Waals surface area contributed by atoms with Crippen molar-refractivity contribution in [2.75, 3.05) is 19.8 Å². The Morgan fingerprint density at radius 1 is 0.667 bits per heavy atom. The van der Waals surface area contributed by atoms with Gasteiger partial charge in [0.15, 0.2) is 0 Å². The Hall–Kier alpha value is -2.24. The van der Waals surface area contributed by atoms with E-state index in [1.807, 2.05) is 6.92 Å². The minimum atomic E-state index is -1.19. The molecule has 0 spiro atoms. The van der Waals surface area contributed by atoms with Gasteiger partial charge in [-0.1, -0.05) is 6.92 Å². The van der Waals surface area contributed by atoms with Gasteiger partial charge in [-0.15, -0.1) is 0 Å². The number of hydrogen-bond acceptors (Lipinski definition) is 8. The minimum Gasteiger partial charge on any atom is -0.480 e. The lowest BCUT2D eigenvalue weighted by molar-refractivity contribution is -0.327. The monoisotopic (exact) mass is 472 g/mol. The summed E-state index contributed by atoms with van der Waals surface area (Å²) in [6.07, 6.45) is 1.66. The van der Waals surface area contributed by atoms with Crippen LogP contribution in [-0.4, -0.2) is 81.4 Å². The average Bonchev–Trinajstić information content (AvgIpc) is 2.68. The molecular weight excluding hydrogens is 440 g/mol. The van der Waals surface area contributed by atoms with Gasteiger partial charge in [-0.25, -0.2) is 14.4 Å². The van der Waals surface area contributed by atoms with Crippen molar-refractivity contribution in [3.63, 3.8) is 0 Å². The molecule has 0 aromatic heterocycles. The summed E-state index contributed by atoms with van der Waals surface area (Å²) in [4.78, 5) is 46.9. The highest BCUT2D eigenvalue weighted by Gasteiger charge is 2.72. The van der Waals surface area contributed by atoms with Gasteiger partial charge < -0.3 is 34.3 Å². The fraction of sp³-hybridized carbons (Fsp3) is 0.818. The normalized spacial score (nSPS) is 34.8. The molecule has 0 aromatic rings. The Labute approximate surface area is 191 Å². The maximum atomic E-state index is 13.1. The predicted molar refractivity (Wildman–Crippen MR) is 110 cm³/mol. The summed E-state index contributed by atoms with van der Waals surface area (Å²) in [5.74, 6) is -4.03. The molecule has 0 radical (unpaired) electrons. The number of esters is 1. The van der Waals surface area contributed by atoms with E-state index in [9.17, 15) is 34.5 Å². The first-order valence-electron chi connectivity index (χ1n) is 11.0. The quantitative estimate of drug-likeness (QED) is 0.353. The average molecular weight is 472 g/mol. The van der Waals surface area contributed by atoms with E-state index in [0.717, 1.165) is 0 Å². The Bertz CT molecular complexity index is 741. The van der Waals surface area contributed by atoms with Gasteiger partial charge in [0.2, 0.25) is 0 Å². The van der Waals surface area contributed by atoms with E-state index in [2.05, 4.69) is 0 Å². The van der Waals surface area contributed by atoms with Crippen LogP contribution in [0.25, 0.3) is 0 Å². The number of hydrogen-bond donors (Lipinski definition) is 3. The summed E-state index contributed by atoms with van der Waals surface area (Å²) in [7, 11) is 0. The van der Waals surface area contributed by atoms with Gasteiger partial charge in [0.05, 0.1) is 22.2 Å². The van der Waals surface area contributed by atoms with Crippen LogP contribution in [0.1, 0.15) is 65.7 Å². The van der Waals surface area contributed by atoms with Gasteiger partial charge in [0.25, 0.3) is 0 Å². The molecule has 0 unspecified atom stereocenters. The third-order valence-corrected chi connectivity index (χ3v) is 7.12. The van der Waals surface area contributed by atoms with E-state index >= 15 is 0 Å². The van der Waals surface area contributed by atoms with Crippen molar-refractivity contribution in [2.24, 2.45) is 5.41 Å². The van der Waals surface area contributed by atoms with Crippen molar-refractivity contribution in [3.05, 3.63) is 0 Å². The summed E-state index contributed by atoms with van der Waals surface area (Å²) in [5, 5.41) is 27.6.